The molecule has 0 saturated heterocycles. The highest BCUT2D eigenvalue weighted by Crippen LogP contribution is 2.15. The Kier molecular flexibility index (Phi) is 4.71. The van der Waals surface area contributed by atoms with Gasteiger partial charge in [0.05, 0.1) is 5.69 Å². The van der Waals surface area contributed by atoms with E-state index in [9.17, 15) is 9.59 Å². The van der Waals surface area contributed by atoms with Gasteiger partial charge in [0.25, 0.3) is 5.56 Å². The molecule has 4 aromatic heterocycles. The molecule has 0 aliphatic heterocycles. The second-order valence-electron chi connectivity index (χ2n) is 6.90. The Hall–Kier alpha value is -3.76. The number of carbonyl (C=O) groups excluding carboxylic acids is 1. The molecule has 0 fully saturated rings. The van der Waals surface area contributed by atoms with E-state index >= 15 is 0 Å². The topological polar surface area (TPSA) is 124 Å². The fourth-order valence-electron chi connectivity index (χ4n) is 3.02. The molecule has 1 amide bonds. The first-order valence-corrected chi connectivity index (χ1v) is 9.30. The smallest absolute Gasteiger partial charge is 0.293 e. The van der Waals surface area contributed by atoms with E-state index in [0.717, 1.165) is 0 Å². The number of anilines is 2. The quantitative estimate of drug-likeness (QED) is 0.501. The first-order valence-electron chi connectivity index (χ1n) is 9.30. The van der Waals surface area contributed by atoms with Crippen LogP contribution in [-0.2, 0) is 11.3 Å². The molecular weight excluding hydrogens is 374 g/mol. The molecule has 0 bridgehead atoms. The van der Waals surface area contributed by atoms with Crippen molar-refractivity contribution in [1.82, 2.24) is 34.0 Å². The van der Waals surface area contributed by atoms with Crippen molar-refractivity contribution in [3.05, 3.63) is 46.9 Å². The highest BCUT2D eigenvalue weighted by Gasteiger charge is 2.17. The van der Waals surface area contributed by atoms with Crippen molar-refractivity contribution in [3.63, 3.8) is 0 Å². The molecule has 11 heteroatoms. The van der Waals surface area contributed by atoms with Gasteiger partial charge in [-0.1, -0.05) is 13.8 Å². The molecule has 0 aliphatic rings. The van der Waals surface area contributed by atoms with Gasteiger partial charge in [0.2, 0.25) is 5.91 Å². The van der Waals surface area contributed by atoms with E-state index in [1.807, 2.05) is 20.8 Å². The summed E-state index contributed by atoms with van der Waals surface area (Å²) in [7, 11) is 0. The zero-order valence-corrected chi connectivity index (χ0v) is 16.3. The van der Waals surface area contributed by atoms with Crippen LogP contribution in [0, 0.1) is 0 Å². The Morgan fingerprint density at radius 2 is 2.07 bits per heavy atom. The number of nitrogens with one attached hydrogen (secondary N) is 2. The van der Waals surface area contributed by atoms with Crippen molar-refractivity contribution in [2.75, 3.05) is 17.2 Å². The number of hydrogen-bond donors (Lipinski definition) is 2. The number of nitrogens with zero attached hydrogens (tertiary/aromatic N) is 7. The van der Waals surface area contributed by atoms with Crippen LogP contribution in [0.25, 0.3) is 11.2 Å². The lowest BCUT2D eigenvalue weighted by Gasteiger charge is -2.12. The minimum absolute atomic E-state index is 0.0120. The molecular formula is C18H21N9O2. The maximum atomic E-state index is 12.9. The van der Waals surface area contributed by atoms with Crippen LogP contribution in [0.5, 0.6) is 0 Å². The van der Waals surface area contributed by atoms with Gasteiger partial charge in [0, 0.05) is 24.7 Å². The second kappa shape index (κ2) is 7.34. The van der Waals surface area contributed by atoms with Gasteiger partial charge in [-0.25, -0.2) is 9.20 Å². The van der Waals surface area contributed by atoms with Crippen molar-refractivity contribution >= 4 is 28.6 Å². The number of pyridine rings is 1. The highest BCUT2D eigenvalue weighted by atomic mass is 16.2. The molecule has 0 spiro atoms. The van der Waals surface area contributed by atoms with Crippen molar-refractivity contribution in [3.8, 4) is 0 Å². The first kappa shape index (κ1) is 18.6. The van der Waals surface area contributed by atoms with Gasteiger partial charge in [-0.3, -0.25) is 14.0 Å². The summed E-state index contributed by atoms with van der Waals surface area (Å²) < 4.78 is 4.41. The number of fused-ring (bicyclic) bond motifs is 2. The summed E-state index contributed by atoms with van der Waals surface area (Å²) in [6.45, 7) is 6.34. The van der Waals surface area contributed by atoms with Crippen molar-refractivity contribution < 1.29 is 4.79 Å². The molecule has 0 saturated carbocycles. The highest BCUT2D eigenvalue weighted by molar-refractivity contribution is 5.90. The lowest BCUT2D eigenvalue weighted by atomic mass is 10.2. The fraction of sp³-hybridized carbons (Fsp3) is 0.333. The summed E-state index contributed by atoms with van der Waals surface area (Å²) in [5.74, 6) is 0.843. The standard InChI is InChI=1S/C18H21N9O2/c1-4-19-14-7-13-18(29)26(24-17(11(2)3)27(13)23-14)9-16(28)21-12-5-6-15-22-20-10-25(15)8-12/h5-8,10-11H,4,9H2,1-3H3,(H,19,23)(H,21,28). The minimum atomic E-state index is -0.379. The zero-order chi connectivity index (χ0) is 20.5. The number of carbonyl (C=O) groups is 1. The third-order valence-electron chi connectivity index (χ3n) is 4.35. The maximum absolute atomic E-state index is 12.9. The number of rotatable bonds is 6. The predicted octanol–water partition coefficient (Wildman–Crippen LogP) is 1.13. The SMILES string of the molecule is CCNc1cc2c(=O)n(CC(=O)Nc3ccc4nncn4c3)nc(C(C)C)n2n1. The van der Waals surface area contributed by atoms with Crippen LogP contribution in [0.3, 0.4) is 0 Å². The van der Waals surface area contributed by atoms with Gasteiger partial charge < -0.3 is 10.6 Å². The normalized spacial score (nSPS) is 11.4. The van der Waals surface area contributed by atoms with E-state index in [4.69, 9.17) is 0 Å². The fourth-order valence-corrected chi connectivity index (χ4v) is 3.02. The number of hydrogen-bond acceptors (Lipinski definition) is 7. The second-order valence-corrected chi connectivity index (χ2v) is 6.90. The molecule has 4 aromatic rings. The molecule has 0 atom stereocenters. The Balaban J connectivity index is 1.64. The summed E-state index contributed by atoms with van der Waals surface area (Å²) >= 11 is 0. The third kappa shape index (κ3) is 3.53. The zero-order valence-electron chi connectivity index (χ0n) is 16.3. The van der Waals surface area contributed by atoms with Crippen LogP contribution in [0.2, 0.25) is 0 Å². The van der Waals surface area contributed by atoms with E-state index in [0.29, 0.717) is 35.0 Å². The molecule has 29 heavy (non-hydrogen) atoms. The molecule has 4 rings (SSSR count). The lowest BCUT2D eigenvalue weighted by Crippen LogP contribution is -2.32. The van der Waals surface area contributed by atoms with Crippen LogP contribution in [-0.4, -0.2) is 46.4 Å². The van der Waals surface area contributed by atoms with Gasteiger partial charge >= 0.3 is 0 Å². The predicted molar refractivity (Wildman–Crippen MR) is 107 cm³/mol. The van der Waals surface area contributed by atoms with Crippen molar-refractivity contribution in [2.45, 2.75) is 33.2 Å². The van der Waals surface area contributed by atoms with E-state index in [-0.39, 0.29) is 23.9 Å². The van der Waals surface area contributed by atoms with Gasteiger partial charge in [-0.15, -0.1) is 15.3 Å². The van der Waals surface area contributed by atoms with Crippen LogP contribution in [0.1, 0.15) is 32.5 Å². The summed E-state index contributed by atoms with van der Waals surface area (Å²) in [5, 5.41) is 22.4. The van der Waals surface area contributed by atoms with E-state index in [2.05, 4.69) is 31.0 Å². The van der Waals surface area contributed by atoms with Gasteiger partial charge in [0.15, 0.2) is 11.5 Å². The summed E-state index contributed by atoms with van der Waals surface area (Å²) in [6, 6.07) is 5.14. The summed E-state index contributed by atoms with van der Waals surface area (Å²) in [5.41, 5.74) is 1.23. The largest absolute Gasteiger partial charge is 0.369 e. The molecule has 0 aliphatic carbocycles. The molecule has 0 aromatic carbocycles. The lowest BCUT2D eigenvalue weighted by molar-refractivity contribution is -0.117. The monoisotopic (exact) mass is 395 g/mol. The van der Waals surface area contributed by atoms with Gasteiger partial charge in [-0.2, -0.15) is 5.10 Å². The van der Waals surface area contributed by atoms with Crippen LogP contribution >= 0.6 is 0 Å². The van der Waals surface area contributed by atoms with Crippen LogP contribution in [0.15, 0.2) is 35.5 Å². The average Bonchev–Trinajstić information content (AvgIpc) is 3.30. The molecule has 150 valence electrons. The number of aromatic nitrogens is 7. The van der Waals surface area contributed by atoms with Crippen LogP contribution < -0.4 is 16.2 Å². The Bertz CT molecular complexity index is 1250. The summed E-state index contributed by atoms with van der Waals surface area (Å²) in [4.78, 5) is 25.4. The van der Waals surface area contributed by atoms with Crippen LogP contribution in [0.4, 0.5) is 11.5 Å². The molecule has 0 radical (unpaired) electrons. The Morgan fingerprint density at radius 1 is 1.24 bits per heavy atom. The van der Waals surface area contributed by atoms with E-state index in [1.54, 1.807) is 39.6 Å². The van der Waals surface area contributed by atoms with E-state index in [1.165, 1.54) is 4.68 Å². The van der Waals surface area contributed by atoms with Gasteiger partial charge in [0.1, 0.15) is 24.2 Å². The molecule has 2 N–H and O–H groups in total. The summed E-state index contributed by atoms with van der Waals surface area (Å²) in [6.07, 6.45) is 3.24. The maximum Gasteiger partial charge on any atom is 0.293 e. The Labute approximate surface area is 165 Å². The van der Waals surface area contributed by atoms with E-state index < -0.39 is 0 Å². The molecule has 11 nitrogen and oxygen atoms in total. The number of amides is 1. The van der Waals surface area contributed by atoms with Crippen molar-refractivity contribution in [1.29, 1.82) is 0 Å². The minimum Gasteiger partial charge on any atom is -0.369 e. The molecule has 4 heterocycles. The first-order chi connectivity index (χ1) is 14.0. The molecule has 0 unspecified atom stereocenters. The van der Waals surface area contributed by atoms with Gasteiger partial charge in [-0.05, 0) is 19.1 Å². The van der Waals surface area contributed by atoms with Crippen molar-refractivity contribution in [2.24, 2.45) is 0 Å². The Morgan fingerprint density at radius 3 is 2.83 bits per heavy atom. The third-order valence-corrected chi connectivity index (χ3v) is 4.35. The average molecular weight is 395 g/mol.